The summed E-state index contributed by atoms with van der Waals surface area (Å²) >= 11 is 6.57. The number of benzene rings is 1. The summed E-state index contributed by atoms with van der Waals surface area (Å²) in [5, 5.41) is 12.1. The number of aryl methyl sites for hydroxylation is 1. The Bertz CT molecular complexity index is 1020. The van der Waals surface area contributed by atoms with Crippen molar-refractivity contribution in [3.8, 4) is 22.8 Å². The van der Waals surface area contributed by atoms with Gasteiger partial charge in [0.15, 0.2) is 21.4 Å². The largest absolute Gasteiger partial charge is 0.493 e. The van der Waals surface area contributed by atoms with E-state index in [-0.39, 0.29) is 12.5 Å². The SMILES string of the molecule is CCCc1n[nH]c(=S)n1CC(=O)Nc1nc(-c2ccc(OC)c(OC)c2)cs1. The van der Waals surface area contributed by atoms with Crippen molar-refractivity contribution in [2.45, 2.75) is 26.3 Å². The first-order valence-corrected chi connectivity index (χ1v) is 9.96. The monoisotopic (exact) mass is 419 g/mol. The van der Waals surface area contributed by atoms with Gasteiger partial charge < -0.3 is 14.8 Å². The Hall–Kier alpha value is -2.72. The van der Waals surface area contributed by atoms with E-state index in [9.17, 15) is 4.79 Å². The molecule has 8 nitrogen and oxygen atoms in total. The molecule has 3 rings (SSSR count). The molecule has 1 amide bonds. The van der Waals surface area contributed by atoms with E-state index in [0.29, 0.717) is 21.4 Å². The molecule has 3 aromatic rings. The molecule has 0 fully saturated rings. The molecule has 0 saturated heterocycles. The summed E-state index contributed by atoms with van der Waals surface area (Å²) in [4.78, 5) is 16.9. The lowest BCUT2D eigenvalue weighted by atomic mass is 10.1. The Kier molecular flexibility index (Phi) is 6.42. The van der Waals surface area contributed by atoms with Crippen LogP contribution in [0.1, 0.15) is 19.2 Å². The minimum Gasteiger partial charge on any atom is -0.493 e. The van der Waals surface area contributed by atoms with Crippen molar-refractivity contribution in [3.05, 3.63) is 34.2 Å². The summed E-state index contributed by atoms with van der Waals surface area (Å²) in [5.41, 5.74) is 1.62. The molecule has 28 heavy (non-hydrogen) atoms. The molecule has 0 bridgehead atoms. The topological polar surface area (TPSA) is 94.1 Å². The normalized spacial score (nSPS) is 10.7. The smallest absolute Gasteiger partial charge is 0.246 e. The second-order valence-electron chi connectivity index (χ2n) is 5.94. The first-order chi connectivity index (χ1) is 13.5. The Balaban J connectivity index is 1.72. The van der Waals surface area contributed by atoms with E-state index in [1.165, 1.54) is 11.3 Å². The number of nitrogens with zero attached hydrogens (tertiary/aromatic N) is 3. The van der Waals surface area contributed by atoms with Gasteiger partial charge in [-0.05, 0) is 36.8 Å². The van der Waals surface area contributed by atoms with Crippen LogP contribution in [0, 0.1) is 4.77 Å². The van der Waals surface area contributed by atoms with E-state index in [4.69, 9.17) is 21.7 Å². The maximum atomic E-state index is 12.4. The molecule has 0 saturated carbocycles. The minimum atomic E-state index is -0.205. The van der Waals surface area contributed by atoms with Crippen LogP contribution in [0.2, 0.25) is 0 Å². The van der Waals surface area contributed by atoms with Crippen LogP contribution in [-0.2, 0) is 17.8 Å². The zero-order valence-corrected chi connectivity index (χ0v) is 17.4. The fourth-order valence-corrected chi connectivity index (χ4v) is 3.64. The molecule has 2 heterocycles. The quantitative estimate of drug-likeness (QED) is 0.541. The van der Waals surface area contributed by atoms with E-state index in [1.54, 1.807) is 18.8 Å². The highest BCUT2D eigenvalue weighted by Gasteiger charge is 2.13. The number of hydrogen-bond acceptors (Lipinski definition) is 7. The highest BCUT2D eigenvalue weighted by Crippen LogP contribution is 2.33. The molecule has 0 unspecified atom stereocenters. The predicted octanol–water partition coefficient (Wildman–Crippen LogP) is 3.67. The van der Waals surface area contributed by atoms with Crippen molar-refractivity contribution < 1.29 is 14.3 Å². The predicted molar refractivity (Wildman–Crippen MR) is 111 cm³/mol. The van der Waals surface area contributed by atoms with Crippen LogP contribution in [0.4, 0.5) is 5.13 Å². The first kappa shape index (κ1) is 20.0. The molecule has 0 aliphatic heterocycles. The van der Waals surface area contributed by atoms with Crippen LogP contribution in [0.25, 0.3) is 11.3 Å². The summed E-state index contributed by atoms with van der Waals surface area (Å²) in [6.45, 7) is 2.14. The fourth-order valence-electron chi connectivity index (χ4n) is 2.69. The molecule has 2 aromatic heterocycles. The molecule has 0 radical (unpaired) electrons. The third-order valence-electron chi connectivity index (χ3n) is 4.04. The van der Waals surface area contributed by atoms with Gasteiger partial charge in [0, 0.05) is 17.4 Å². The lowest BCUT2D eigenvalue weighted by Gasteiger charge is -2.08. The van der Waals surface area contributed by atoms with Crippen LogP contribution in [-0.4, -0.2) is 39.9 Å². The van der Waals surface area contributed by atoms with Crippen molar-refractivity contribution in [1.82, 2.24) is 19.7 Å². The molecule has 148 valence electrons. The van der Waals surface area contributed by atoms with E-state index in [2.05, 4.69) is 20.5 Å². The Morgan fingerprint density at radius 1 is 1.32 bits per heavy atom. The van der Waals surface area contributed by atoms with Gasteiger partial charge in [0.1, 0.15) is 12.4 Å². The standard InChI is InChI=1S/C18H21N5O3S2/c1-4-5-15-21-22-18(27)23(15)9-16(24)20-17-19-12(10-28-17)11-6-7-13(25-2)14(8-11)26-3/h6-8,10H,4-5,9H2,1-3H3,(H,22,27)(H,19,20,24). The van der Waals surface area contributed by atoms with Gasteiger partial charge in [-0.3, -0.25) is 14.5 Å². The van der Waals surface area contributed by atoms with Gasteiger partial charge in [0.25, 0.3) is 0 Å². The van der Waals surface area contributed by atoms with Crippen molar-refractivity contribution in [2.24, 2.45) is 0 Å². The number of aromatic nitrogens is 4. The molecule has 0 aliphatic rings. The number of methoxy groups -OCH3 is 2. The third kappa shape index (κ3) is 4.39. The summed E-state index contributed by atoms with van der Waals surface area (Å²) in [5.74, 6) is 1.84. The number of rotatable bonds is 8. The summed E-state index contributed by atoms with van der Waals surface area (Å²) in [6.07, 6.45) is 1.67. The van der Waals surface area contributed by atoms with Gasteiger partial charge >= 0.3 is 0 Å². The third-order valence-corrected chi connectivity index (χ3v) is 5.11. The molecule has 10 heteroatoms. The van der Waals surface area contributed by atoms with Gasteiger partial charge in [-0.1, -0.05) is 6.92 Å². The van der Waals surface area contributed by atoms with Gasteiger partial charge in [0.2, 0.25) is 5.91 Å². The zero-order valence-electron chi connectivity index (χ0n) is 15.8. The van der Waals surface area contributed by atoms with Gasteiger partial charge in [0.05, 0.1) is 19.9 Å². The number of carbonyl (C=O) groups excluding carboxylic acids is 1. The van der Waals surface area contributed by atoms with Crippen LogP contribution < -0.4 is 14.8 Å². The number of nitrogens with one attached hydrogen (secondary N) is 2. The highest BCUT2D eigenvalue weighted by molar-refractivity contribution is 7.71. The number of H-pyrrole nitrogens is 1. The number of hydrogen-bond donors (Lipinski definition) is 2. The van der Waals surface area contributed by atoms with Crippen molar-refractivity contribution in [2.75, 3.05) is 19.5 Å². The number of carbonyl (C=O) groups is 1. The summed E-state index contributed by atoms with van der Waals surface area (Å²) in [6, 6.07) is 5.56. The van der Waals surface area contributed by atoms with Gasteiger partial charge in [-0.25, -0.2) is 4.98 Å². The maximum Gasteiger partial charge on any atom is 0.246 e. The van der Waals surface area contributed by atoms with Crippen LogP contribution in [0.5, 0.6) is 11.5 Å². The summed E-state index contributed by atoms with van der Waals surface area (Å²) < 4.78 is 12.7. The lowest BCUT2D eigenvalue weighted by molar-refractivity contribution is -0.116. The molecular formula is C18H21N5O3S2. The highest BCUT2D eigenvalue weighted by atomic mass is 32.1. The van der Waals surface area contributed by atoms with Gasteiger partial charge in [-0.2, -0.15) is 5.10 Å². The number of aromatic amines is 1. The average Bonchev–Trinajstić information content (AvgIpc) is 3.29. The number of thiazole rings is 1. The zero-order chi connectivity index (χ0) is 20.1. The number of amides is 1. The Morgan fingerprint density at radius 2 is 2.11 bits per heavy atom. The van der Waals surface area contributed by atoms with E-state index in [1.807, 2.05) is 30.5 Å². The minimum absolute atomic E-state index is 0.0932. The number of ether oxygens (including phenoxy) is 2. The molecule has 1 aromatic carbocycles. The van der Waals surface area contributed by atoms with Gasteiger partial charge in [-0.15, -0.1) is 11.3 Å². The summed E-state index contributed by atoms with van der Waals surface area (Å²) in [7, 11) is 3.17. The van der Waals surface area contributed by atoms with Crippen LogP contribution in [0.15, 0.2) is 23.6 Å². The Labute approximate surface area is 171 Å². The van der Waals surface area contributed by atoms with Crippen LogP contribution >= 0.6 is 23.6 Å². The lowest BCUT2D eigenvalue weighted by Crippen LogP contribution is -2.20. The molecule has 0 atom stereocenters. The number of anilines is 1. The molecular weight excluding hydrogens is 398 g/mol. The van der Waals surface area contributed by atoms with Crippen molar-refractivity contribution in [1.29, 1.82) is 0 Å². The van der Waals surface area contributed by atoms with E-state index >= 15 is 0 Å². The second kappa shape index (κ2) is 8.98. The average molecular weight is 420 g/mol. The fraction of sp³-hybridized carbons (Fsp3) is 0.333. The van der Waals surface area contributed by atoms with Crippen molar-refractivity contribution in [3.63, 3.8) is 0 Å². The Morgan fingerprint density at radius 3 is 2.82 bits per heavy atom. The van der Waals surface area contributed by atoms with Crippen LogP contribution in [0.3, 0.4) is 0 Å². The molecule has 2 N–H and O–H groups in total. The molecule has 0 spiro atoms. The molecule has 0 aliphatic carbocycles. The first-order valence-electron chi connectivity index (χ1n) is 8.67. The maximum absolute atomic E-state index is 12.4. The van der Waals surface area contributed by atoms with E-state index in [0.717, 1.165) is 29.9 Å². The van der Waals surface area contributed by atoms with Crippen molar-refractivity contribution >= 4 is 34.6 Å². The second-order valence-corrected chi connectivity index (χ2v) is 7.18. The van der Waals surface area contributed by atoms with E-state index < -0.39 is 0 Å².